The van der Waals surface area contributed by atoms with Gasteiger partial charge in [-0.05, 0) is 24.6 Å². The van der Waals surface area contributed by atoms with E-state index in [0.717, 1.165) is 56.3 Å². The molecule has 0 aliphatic carbocycles. The first-order valence-electron chi connectivity index (χ1n) is 9.19. The summed E-state index contributed by atoms with van der Waals surface area (Å²) >= 11 is 0. The molecule has 1 amide bonds. The SMILES string of the molecule is COc1cc(CN2CCN(C(=O)[C@H]3NCCO[C@@H]3C)CC2)cc(OC)c1. The lowest BCUT2D eigenvalue weighted by Gasteiger charge is -2.38. The largest absolute Gasteiger partial charge is 0.497 e. The van der Waals surface area contributed by atoms with Crippen molar-refractivity contribution in [2.24, 2.45) is 0 Å². The smallest absolute Gasteiger partial charge is 0.242 e. The van der Waals surface area contributed by atoms with Gasteiger partial charge in [-0.25, -0.2) is 0 Å². The Hall–Kier alpha value is -1.83. The summed E-state index contributed by atoms with van der Waals surface area (Å²) in [6, 6.07) is 5.72. The molecule has 0 bridgehead atoms. The molecule has 7 heteroatoms. The van der Waals surface area contributed by atoms with Gasteiger partial charge in [-0.15, -0.1) is 0 Å². The topological polar surface area (TPSA) is 63.3 Å². The fourth-order valence-corrected chi connectivity index (χ4v) is 3.55. The molecule has 0 saturated carbocycles. The summed E-state index contributed by atoms with van der Waals surface area (Å²) in [5.74, 6) is 1.75. The second kappa shape index (κ2) is 8.70. The minimum atomic E-state index is -0.224. The standard InChI is InChI=1S/C19H29N3O4/c1-14-18(20-4-9-26-14)19(23)22-7-5-21(6-8-22)13-15-10-16(24-2)12-17(11-15)25-3/h10-12,14,18,20H,4-9,13H2,1-3H3/t14-,18+/m1/s1. The van der Waals surface area contributed by atoms with Gasteiger partial charge in [-0.3, -0.25) is 9.69 Å². The highest BCUT2D eigenvalue weighted by Crippen LogP contribution is 2.24. The third-order valence-corrected chi connectivity index (χ3v) is 5.08. The van der Waals surface area contributed by atoms with E-state index in [-0.39, 0.29) is 18.1 Å². The van der Waals surface area contributed by atoms with Gasteiger partial charge in [0.15, 0.2) is 0 Å². The zero-order chi connectivity index (χ0) is 18.5. The molecule has 2 aliphatic heterocycles. The monoisotopic (exact) mass is 363 g/mol. The van der Waals surface area contributed by atoms with Crippen LogP contribution in [0.4, 0.5) is 0 Å². The summed E-state index contributed by atoms with van der Waals surface area (Å²) in [6.07, 6.45) is -0.0708. The molecule has 1 aromatic carbocycles. The predicted octanol–water partition coefficient (Wildman–Crippen LogP) is 0.725. The second-order valence-corrected chi connectivity index (χ2v) is 6.83. The van der Waals surface area contributed by atoms with E-state index in [2.05, 4.69) is 10.2 Å². The van der Waals surface area contributed by atoms with Crippen molar-refractivity contribution in [2.75, 3.05) is 53.6 Å². The first-order valence-corrected chi connectivity index (χ1v) is 9.19. The number of ether oxygens (including phenoxy) is 3. The van der Waals surface area contributed by atoms with Crippen LogP contribution in [0.25, 0.3) is 0 Å². The average Bonchev–Trinajstić information content (AvgIpc) is 2.68. The highest BCUT2D eigenvalue weighted by molar-refractivity contribution is 5.82. The van der Waals surface area contributed by atoms with Crippen LogP contribution < -0.4 is 14.8 Å². The minimum Gasteiger partial charge on any atom is -0.497 e. The van der Waals surface area contributed by atoms with Gasteiger partial charge < -0.3 is 24.4 Å². The minimum absolute atomic E-state index is 0.0708. The number of rotatable bonds is 5. The molecule has 2 saturated heterocycles. The zero-order valence-electron chi connectivity index (χ0n) is 15.9. The van der Waals surface area contributed by atoms with Crippen molar-refractivity contribution < 1.29 is 19.0 Å². The van der Waals surface area contributed by atoms with Gasteiger partial charge in [0.2, 0.25) is 5.91 Å². The Kier molecular flexibility index (Phi) is 6.34. The predicted molar refractivity (Wildman–Crippen MR) is 98.6 cm³/mol. The Morgan fingerprint density at radius 1 is 1.15 bits per heavy atom. The molecule has 1 aromatic rings. The first-order chi connectivity index (χ1) is 12.6. The highest BCUT2D eigenvalue weighted by Gasteiger charge is 2.33. The maximum atomic E-state index is 12.7. The Labute approximate surface area is 155 Å². The number of hydrogen-bond acceptors (Lipinski definition) is 6. The molecule has 2 heterocycles. The fraction of sp³-hybridized carbons (Fsp3) is 0.632. The van der Waals surface area contributed by atoms with E-state index in [1.807, 2.05) is 30.0 Å². The van der Waals surface area contributed by atoms with Crippen LogP contribution in [0.3, 0.4) is 0 Å². The van der Waals surface area contributed by atoms with Crippen LogP contribution >= 0.6 is 0 Å². The number of benzene rings is 1. The van der Waals surface area contributed by atoms with Crippen molar-refractivity contribution in [3.63, 3.8) is 0 Å². The molecule has 0 unspecified atom stereocenters. The van der Waals surface area contributed by atoms with Gasteiger partial charge in [-0.1, -0.05) is 0 Å². The Morgan fingerprint density at radius 2 is 1.81 bits per heavy atom. The summed E-state index contributed by atoms with van der Waals surface area (Å²) in [4.78, 5) is 17.0. The van der Waals surface area contributed by atoms with Crippen LogP contribution in [-0.2, 0) is 16.1 Å². The highest BCUT2D eigenvalue weighted by atomic mass is 16.5. The van der Waals surface area contributed by atoms with Crippen LogP contribution in [0.2, 0.25) is 0 Å². The zero-order valence-corrected chi connectivity index (χ0v) is 15.9. The number of hydrogen-bond donors (Lipinski definition) is 1. The third kappa shape index (κ3) is 4.47. The number of nitrogens with one attached hydrogen (secondary N) is 1. The van der Waals surface area contributed by atoms with Gasteiger partial charge in [0.05, 0.1) is 26.9 Å². The molecule has 26 heavy (non-hydrogen) atoms. The fourth-order valence-electron chi connectivity index (χ4n) is 3.55. The second-order valence-electron chi connectivity index (χ2n) is 6.83. The lowest BCUT2D eigenvalue weighted by atomic mass is 10.1. The van der Waals surface area contributed by atoms with Crippen LogP contribution in [0, 0.1) is 0 Å². The Balaban J connectivity index is 1.54. The summed E-state index contributed by atoms with van der Waals surface area (Å²) in [5, 5.41) is 3.28. The number of carbonyl (C=O) groups is 1. The maximum absolute atomic E-state index is 12.7. The lowest BCUT2D eigenvalue weighted by Crippen LogP contribution is -2.59. The van der Waals surface area contributed by atoms with Crippen LogP contribution in [0.5, 0.6) is 11.5 Å². The van der Waals surface area contributed by atoms with Crippen molar-refractivity contribution in [1.29, 1.82) is 0 Å². The lowest BCUT2D eigenvalue weighted by molar-refractivity contribution is -0.141. The molecule has 0 aromatic heterocycles. The van der Waals surface area contributed by atoms with E-state index in [1.54, 1.807) is 14.2 Å². The Bertz CT molecular complexity index is 595. The van der Waals surface area contributed by atoms with E-state index in [4.69, 9.17) is 14.2 Å². The van der Waals surface area contributed by atoms with Gasteiger partial charge in [0.25, 0.3) is 0 Å². The third-order valence-electron chi connectivity index (χ3n) is 5.08. The number of piperazine rings is 1. The van der Waals surface area contributed by atoms with Crippen LogP contribution in [-0.4, -0.2) is 81.4 Å². The van der Waals surface area contributed by atoms with E-state index in [9.17, 15) is 4.79 Å². The van der Waals surface area contributed by atoms with Crippen LogP contribution in [0.1, 0.15) is 12.5 Å². The number of methoxy groups -OCH3 is 2. The number of amides is 1. The molecule has 3 rings (SSSR count). The van der Waals surface area contributed by atoms with Gasteiger partial charge in [0, 0.05) is 45.3 Å². The maximum Gasteiger partial charge on any atom is 0.242 e. The van der Waals surface area contributed by atoms with Gasteiger partial charge >= 0.3 is 0 Å². The normalized spacial score (nSPS) is 24.3. The molecule has 144 valence electrons. The summed E-state index contributed by atoms with van der Waals surface area (Å²) in [5.41, 5.74) is 1.15. The van der Waals surface area contributed by atoms with E-state index in [0.29, 0.717) is 6.61 Å². The molecule has 0 radical (unpaired) electrons. The van der Waals surface area contributed by atoms with E-state index < -0.39 is 0 Å². The van der Waals surface area contributed by atoms with Crippen LogP contribution in [0.15, 0.2) is 18.2 Å². The van der Waals surface area contributed by atoms with E-state index in [1.165, 1.54) is 0 Å². The average molecular weight is 363 g/mol. The number of carbonyl (C=O) groups excluding carboxylic acids is 1. The summed E-state index contributed by atoms with van der Waals surface area (Å²) in [6.45, 7) is 7.37. The number of nitrogens with zero attached hydrogens (tertiary/aromatic N) is 2. The summed E-state index contributed by atoms with van der Waals surface area (Å²) < 4.78 is 16.3. The number of morpholine rings is 1. The quantitative estimate of drug-likeness (QED) is 0.832. The molecule has 2 atom stereocenters. The molecular formula is C19H29N3O4. The van der Waals surface area contributed by atoms with Crippen molar-refractivity contribution in [3.8, 4) is 11.5 Å². The Morgan fingerprint density at radius 3 is 2.38 bits per heavy atom. The molecule has 1 N–H and O–H groups in total. The molecule has 7 nitrogen and oxygen atoms in total. The van der Waals surface area contributed by atoms with Gasteiger partial charge in [-0.2, -0.15) is 0 Å². The molecule has 0 spiro atoms. The molecular weight excluding hydrogens is 334 g/mol. The first kappa shape index (κ1) is 18.9. The molecule has 2 aliphatic rings. The van der Waals surface area contributed by atoms with Crippen molar-refractivity contribution >= 4 is 5.91 Å². The van der Waals surface area contributed by atoms with Crippen molar-refractivity contribution in [2.45, 2.75) is 25.6 Å². The van der Waals surface area contributed by atoms with Gasteiger partial charge in [0.1, 0.15) is 17.5 Å². The van der Waals surface area contributed by atoms with E-state index >= 15 is 0 Å². The molecule has 2 fully saturated rings. The summed E-state index contributed by atoms with van der Waals surface area (Å²) in [7, 11) is 3.32. The van der Waals surface area contributed by atoms with Crippen molar-refractivity contribution in [1.82, 2.24) is 15.1 Å². The van der Waals surface area contributed by atoms with Crippen molar-refractivity contribution in [3.05, 3.63) is 23.8 Å².